The standard InChI is InChI=1S/C13H27N3O/c1-4-14-9-12-7-5-6-8-16(12)10-13(17)15-11(2)3/h11-12,14H,4-10H2,1-3H3,(H,15,17). The van der Waals surface area contributed by atoms with Crippen LogP contribution in [0.1, 0.15) is 40.0 Å². The van der Waals surface area contributed by atoms with Crippen molar-refractivity contribution >= 4 is 5.91 Å². The molecular weight excluding hydrogens is 214 g/mol. The number of carbonyl (C=O) groups is 1. The van der Waals surface area contributed by atoms with Crippen molar-refractivity contribution in [2.75, 3.05) is 26.2 Å². The molecule has 0 bridgehead atoms. The van der Waals surface area contributed by atoms with Crippen LogP contribution in [0.5, 0.6) is 0 Å². The van der Waals surface area contributed by atoms with Gasteiger partial charge in [0, 0.05) is 18.6 Å². The minimum Gasteiger partial charge on any atom is -0.353 e. The van der Waals surface area contributed by atoms with Gasteiger partial charge in [-0.15, -0.1) is 0 Å². The summed E-state index contributed by atoms with van der Waals surface area (Å²) in [4.78, 5) is 14.1. The number of hydrogen-bond donors (Lipinski definition) is 2. The van der Waals surface area contributed by atoms with Gasteiger partial charge in [0.15, 0.2) is 0 Å². The molecule has 1 aliphatic heterocycles. The quantitative estimate of drug-likeness (QED) is 0.728. The van der Waals surface area contributed by atoms with Gasteiger partial charge in [-0.05, 0) is 39.8 Å². The van der Waals surface area contributed by atoms with Crippen molar-refractivity contribution in [1.82, 2.24) is 15.5 Å². The lowest BCUT2D eigenvalue weighted by atomic mass is 10.0. The Morgan fingerprint density at radius 3 is 2.82 bits per heavy atom. The Balaban J connectivity index is 2.38. The number of amides is 1. The molecule has 4 heteroatoms. The minimum absolute atomic E-state index is 0.156. The first-order valence-electron chi connectivity index (χ1n) is 6.87. The summed E-state index contributed by atoms with van der Waals surface area (Å²) in [7, 11) is 0. The van der Waals surface area contributed by atoms with Crippen molar-refractivity contribution in [1.29, 1.82) is 0 Å². The van der Waals surface area contributed by atoms with E-state index in [1.54, 1.807) is 0 Å². The molecule has 1 fully saturated rings. The third-order valence-corrected chi connectivity index (χ3v) is 3.18. The molecule has 0 saturated carbocycles. The van der Waals surface area contributed by atoms with Gasteiger partial charge in [-0.3, -0.25) is 9.69 Å². The van der Waals surface area contributed by atoms with Crippen molar-refractivity contribution in [3.63, 3.8) is 0 Å². The average Bonchev–Trinajstić information content (AvgIpc) is 2.26. The summed E-state index contributed by atoms with van der Waals surface area (Å²) in [5.41, 5.74) is 0. The van der Waals surface area contributed by atoms with Crippen molar-refractivity contribution in [3.05, 3.63) is 0 Å². The molecular formula is C13H27N3O. The zero-order valence-electron chi connectivity index (χ0n) is 11.5. The van der Waals surface area contributed by atoms with Crippen LogP contribution in [0.3, 0.4) is 0 Å². The first kappa shape index (κ1) is 14.5. The van der Waals surface area contributed by atoms with Crippen molar-refractivity contribution in [2.24, 2.45) is 0 Å². The van der Waals surface area contributed by atoms with Crippen LogP contribution >= 0.6 is 0 Å². The summed E-state index contributed by atoms with van der Waals surface area (Å²) in [6.45, 7) is 9.75. The lowest BCUT2D eigenvalue weighted by molar-refractivity contribution is -0.123. The Morgan fingerprint density at radius 2 is 2.18 bits per heavy atom. The molecule has 100 valence electrons. The molecule has 4 nitrogen and oxygen atoms in total. The van der Waals surface area contributed by atoms with E-state index in [9.17, 15) is 4.79 Å². The summed E-state index contributed by atoms with van der Waals surface area (Å²) in [6, 6.07) is 0.765. The van der Waals surface area contributed by atoms with Gasteiger partial charge in [-0.25, -0.2) is 0 Å². The summed E-state index contributed by atoms with van der Waals surface area (Å²) < 4.78 is 0. The maximum Gasteiger partial charge on any atom is 0.234 e. The topological polar surface area (TPSA) is 44.4 Å². The Morgan fingerprint density at radius 1 is 1.41 bits per heavy atom. The van der Waals surface area contributed by atoms with Crippen LogP contribution in [-0.4, -0.2) is 49.1 Å². The van der Waals surface area contributed by atoms with Gasteiger partial charge in [-0.2, -0.15) is 0 Å². The molecule has 17 heavy (non-hydrogen) atoms. The predicted molar refractivity (Wildman–Crippen MR) is 71.0 cm³/mol. The normalized spacial score (nSPS) is 21.8. The molecule has 1 atom stereocenters. The van der Waals surface area contributed by atoms with E-state index in [1.807, 2.05) is 13.8 Å². The van der Waals surface area contributed by atoms with Crippen LogP contribution in [0.15, 0.2) is 0 Å². The van der Waals surface area contributed by atoms with Crippen LogP contribution in [0.2, 0.25) is 0 Å². The summed E-state index contributed by atoms with van der Waals surface area (Å²) in [5, 5.41) is 6.35. The molecule has 0 aromatic carbocycles. The monoisotopic (exact) mass is 241 g/mol. The number of carbonyl (C=O) groups excluding carboxylic acids is 1. The Labute approximate surface area is 105 Å². The molecule has 0 radical (unpaired) electrons. The zero-order valence-corrected chi connectivity index (χ0v) is 11.5. The van der Waals surface area contributed by atoms with Gasteiger partial charge in [0.2, 0.25) is 5.91 Å². The predicted octanol–water partition coefficient (Wildman–Crippen LogP) is 0.975. The lowest BCUT2D eigenvalue weighted by Gasteiger charge is -2.35. The number of likely N-dealkylation sites (N-methyl/N-ethyl adjacent to an activating group) is 1. The van der Waals surface area contributed by atoms with Gasteiger partial charge in [0.25, 0.3) is 0 Å². The highest BCUT2D eigenvalue weighted by Gasteiger charge is 2.23. The molecule has 0 spiro atoms. The van der Waals surface area contributed by atoms with Crippen LogP contribution in [0.25, 0.3) is 0 Å². The second-order valence-electron chi connectivity index (χ2n) is 5.15. The smallest absolute Gasteiger partial charge is 0.234 e. The molecule has 1 amide bonds. The van der Waals surface area contributed by atoms with Crippen molar-refractivity contribution < 1.29 is 4.79 Å². The molecule has 1 heterocycles. The summed E-state index contributed by atoms with van der Waals surface area (Å²) >= 11 is 0. The fraction of sp³-hybridized carbons (Fsp3) is 0.923. The van der Waals surface area contributed by atoms with Crippen molar-refractivity contribution in [2.45, 2.75) is 52.1 Å². The lowest BCUT2D eigenvalue weighted by Crippen LogP contribution is -2.50. The number of rotatable bonds is 6. The second kappa shape index (κ2) is 7.67. The molecule has 1 unspecified atom stereocenters. The molecule has 0 aliphatic carbocycles. The number of nitrogens with zero attached hydrogens (tertiary/aromatic N) is 1. The fourth-order valence-corrected chi connectivity index (χ4v) is 2.36. The molecule has 0 aromatic rings. The van der Waals surface area contributed by atoms with Crippen LogP contribution in [0.4, 0.5) is 0 Å². The highest BCUT2D eigenvalue weighted by Crippen LogP contribution is 2.15. The average molecular weight is 241 g/mol. The van der Waals surface area contributed by atoms with Crippen LogP contribution < -0.4 is 10.6 Å². The first-order chi connectivity index (χ1) is 8.13. The summed E-state index contributed by atoms with van der Waals surface area (Å²) in [6.07, 6.45) is 3.72. The van der Waals surface area contributed by atoms with E-state index in [1.165, 1.54) is 19.3 Å². The maximum absolute atomic E-state index is 11.8. The van der Waals surface area contributed by atoms with E-state index in [0.717, 1.165) is 19.6 Å². The van der Waals surface area contributed by atoms with E-state index in [0.29, 0.717) is 12.6 Å². The molecule has 1 rings (SSSR count). The fourth-order valence-electron chi connectivity index (χ4n) is 2.36. The summed E-state index contributed by atoms with van der Waals surface area (Å²) in [5.74, 6) is 0.156. The van der Waals surface area contributed by atoms with Crippen LogP contribution in [-0.2, 0) is 4.79 Å². The van der Waals surface area contributed by atoms with Crippen molar-refractivity contribution in [3.8, 4) is 0 Å². The van der Waals surface area contributed by atoms with E-state index >= 15 is 0 Å². The number of hydrogen-bond acceptors (Lipinski definition) is 3. The van der Waals surface area contributed by atoms with E-state index in [4.69, 9.17) is 0 Å². The van der Waals surface area contributed by atoms with E-state index in [-0.39, 0.29) is 11.9 Å². The highest BCUT2D eigenvalue weighted by molar-refractivity contribution is 5.78. The number of likely N-dealkylation sites (tertiary alicyclic amines) is 1. The minimum atomic E-state index is 0.156. The molecule has 1 aliphatic rings. The maximum atomic E-state index is 11.8. The SMILES string of the molecule is CCNCC1CCCCN1CC(=O)NC(C)C. The molecule has 1 saturated heterocycles. The Kier molecular flexibility index (Phi) is 6.52. The Hall–Kier alpha value is -0.610. The van der Waals surface area contributed by atoms with Crippen LogP contribution in [0, 0.1) is 0 Å². The van der Waals surface area contributed by atoms with E-state index in [2.05, 4.69) is 22.5 Å². The third kappa shape index (κ3) is 5.50. The van der Waals surface area contributed by atoms with Gasteiger partial charge >= 0.3 is 0 Å². The Bertz CT molecular complexity index is 231. The van der Waals surface area contributed by atoms with Gasteiger partial charge < -0.3 is 10.6 Å². The number of piperidine rings is 1. The van der Waals surface area contributed by atoms with E-state index < -0.39 is 0 Å². The largest absolute Gasteiger partial charge is 0.353 e. The first-order valence-corrected chi connectivity index (χ1v) is 6.87. The molecule has 0 aromatic heterocycles. The van der Waals surface area contributed by atoms with Gasteiger partial charge in [0.05, 0.1) is 6.54 Å². The second-order valence-corrected chi connectivity index (χ2v) is 5.15. The van der Waals surface area contributed by atoms with Gasteiger partial charge in [-0.1, -0.05) is 13.3 Å². The number of nitrogens with one attached hydrogen (secondary N) is 2. The highest BCUT2D eigenvalue weighted by atomic mass is 16.2. The molecule has 2 N–H and O–H groups in total. The van der Waals surface area contributed by atoms with Gasteiger partial charge in [0.1, 0.15) is 0 Å². The zero-order chi connectivity index (χ0) is 12.7. The third-order valence-electron chi connectivity index (χ3n) is 3.18.